The SMILES string of the molecule is CCC1(C(=O)NCC2(C(=O)O)CCCCC2)CCC1. The van der Waals surface area contributed by atoms with Crippen LogP contribution in [-0.4, -0.2) is 23.5 Å². The van der Waals surface area contributed by atoms with E-state index in [2.05, 4.69) is 5.32 Å². The Hall–Kier alpha value is -1.06. The summed E-state index contributed by atoms with van der Waals surface area (Å²) in [5, 5.41) is 12.4. The monoisotopic (exact) mass is 267 g/mol. The van der Waals surface area contributed by atoms with Gasteiger partial charge in [-0.25, -0.2) is 0 Å². The Morgan fingerprint density at radius 2 is 1.58 bits per heavy atom. The summed E-state index contributed by atoms with van der Waals surface area (Å²) in [4.78, 5) is 23.8. The Morgan fingerprint density at radius 3 is 2.00 bits per heavy atom. The van der Waals surface area contributed by atoms with Crippen LogP contribution >= 0.6 is 0 Å². The number of carbonyl (C=O) groups excluding carboxylic acids is 1. The predicted octanol–water partition coefficient (Wildman–Crippen LogP) is 2.72. The third kappa shape index (κ3) is 2.63. The van der Waals surface area contributed by atoms with Gasteiger partial charge in [0, 0.05) is 12.0 Å². The van der Waals surface area contributed by atoms with E-state index >= 15 is 0 Å². The summed E-state index contributed by atoms with van der Waals surface area (Å²) in [5.41, 5.74) is -0.916. The molecule has 0 unspecified atom stereocenters. The molecule has 0 heterocycles. The maximum atomic E-state index is 12.3. The molecule has 1 amide bonds. The Bertz CT molecular complexity index is 349. The molecular weight excluding hydrogens is 242 g/mol. The highest BCUT2D eigenvalue weighted by atomic mass is 16.4. The molecule has 0 radical (unpaired) electrons. The maximum Gasteiger partial charge on any atom is 0.311 e. The van der Waals surface area contributed by atoms with Crippen LogP contribution in [0.25, 0.3) is 0 Å². The zero-order valence-electron chi connectivity index (χ0n) is 11.8. The second kappa shape index (κ2) is 5.51. The summed E-state index contributed by atoms with van der Waals surface area (Å²) in [6.07, 6.45) is 8.31. The zero-order chi connectivity index (χ0) is 13.9. The first-order chi connectivity index (χ1) is 9.05. The lowest BCUT2D eigenvalue weighted by Crippen LogP contribution is -2.50. The molecule has 2 fully saturated rings. The van der Waals surface area contributed by atoms with Crippen molar-refractivity contribution in [2.45, 2.75) is 64.7 Å². The summed E-state index contributed by atoms with van der Waals surface area (Å²) in [6, 6.07) is 0. The van der Waals surface area contributed by atoms with Crippen molar-refractivity contribution in [3.8, 4) is 0 Å². The van der Waals surface area contributed by atoms with Crippen LogP contribution in [0.5, 0.6) is 0 Å². The standard InChI is InChI=1S/C15H25NO3/c1-2-14(9-6-10-14)12(17)16-11-15(13(18)19)7-4-3-5-8-15/h2-11H2,1H3,(H,16,17)(H,18,19). The van der Waals surface area contributed by atoms with E-state index in [-0.39, 0.29) is 11.3 Å². The summed E-state index contributed by atoms with van der Waals surface area (Å²) >= 11 is 0. The second-order valence-corrected chi connectivity index (χ2v) is 6.32. The molecule has 19 heavy (non-hydrogen) atoms. The number of hydrogen-bond donors (Lipinski definition) is 2. The Balaban J connectivity index is 1.95. The third-order valence-corrected chi connectivity index (χ3v) is 5.32. The van der Waals surface area contributed by atoms with Crippen LogP contribution in [0.4, 0.5) is 0 Å². The molecule has 2 saturated carbocycles. The van der Waals surface area contributed by atoms with Crippen molar-refractivity contribution >= 4 is 11.9 Å². The van der Waals surface area contributed by atoms with Gasteiger partial charge >= 0.3 is 5.97 Å². The van der Waals surface area contributed by atoms with E-state index in [0.717, 1.165) is 44.9 Å². The fourth-order valence-electron chi connectivity index (χ4n) is 3.48. The lowest BCUT2D eigenvalue weighted by atomic mass is 9.66. The molecule has 0 aromatic carbocycles. The fourth-order valence-corrected chi connectivity index (χ4v) is 3.48. The summed E-state index contributed by atoms with van der Waals surface area (Å²) in [6.45, 7) is 2.36. The van der Waals surface area contributed by atoms with E-state index in [4.69, 9.17) is 0 Å². The van der Waals surface area contributed by atoms with Crippen LogP contribution in [0.3, 0.4) is 0 Å². The Labute approximate surface area is 115 Å². The molecule has 0 aliphatic heterocycles. The number of hydrogen-bond acceptors (Lipinski definition) is 2. The molecule has 0 atom stereocenters. The molecule has 0 aromatic heterocycles. The normalized spacial score (nSPS) is 24.3. The van der Waals surface area contributed by atoms with Gasteiger partial charge in [-0.3, -0.25) is 9.59 Å². The van der Waals surface area contributed by atoms with Gasteiger partial charge in [-0.1, -0.05) is 32.6 Å². The van der Waals surface area contributed by atoms with Gasteiger partial charge in [0.2, 0.25) is 5.91 Å². The van der Waals surface area contributed by atoms with Crippen molar-refractivity contribution in [2.24, 2.45) is 10.8 Å². The first kappa shape index (κ1) is 14.4. The molecule has 2 N–H and O–H groups in total. The maximum absolute atomic E-state index is 12.3. The van der Waals surface area contributed by atoms with Crippen molar-refractivity contribution in [2.75, 3.05) is 6.54 Å². The lowest BCUT2D eigenvalue weighted by molar-refractivity contribution is -0.151. The molecule has 108 valence electrons. The number of aliphatic carboxylic acids is 1. The van der Waals surface area contributed by atoms with Gasteiger partial charge in [-0.05, 0) is 32.1 Å². The average molecular weight is 267 g/mol. The van der Waals surface area contributed by atoms with Crippen LogP contribution < -0.4 is 5.32 Å². The van der Waals surface area contributed by atoms with Gasteiger partial charge in [-0.2, -0.15) is 0 Å². The first-order valence-corrected chi connectivity index (χ1v) is 7.56. The van der Waals surface area contributed by atoms with Gasteiger partial charge in [0.1, 0.15) is 0 Å². The number of carbonyl (C=O) groups is 2. The average Bonchev–Trinajstić information content (AvgIpc) is 2.36. The highest BCUT2D eigenvalue weighted by Crippen LogP contribution is 2.44. The van der Waals surface area contributed by atoms with E-state index in [1.54, 1.807) is 0 Å². The number of rotatable bonds is 5. The molecule has 2 aliphatic carbocycles. The number of nitrogens with one attached hydrogen (secondary N) is 1. The van der Waals surface area contributed by atoms with Gasteiger partial charge in [-0.15, -0.1) is 0 Å². The number of carboxylic acid groups (broad SMARTS) is 1. The minimum Gasteiger partial charge on any atom is -0.481 e. The molecule has 4 nitrogen and oxygen atoms in total. The van der Waals surface area contributed by atoms with Crippen molar-refractivity contribution < 1.29 is 14.7 Å². The highest BCUT2D eigenvalue weighted by Gasteiger charge is 2.45. The predicted molar refractivity (Wildman–Crippen MR) is 72.7 cm³/mol. The molecule has 0 aromatic rings. The quantitative estimate of drug-likeness (QED) is 0.805. The molecule has 4 heteroatoms. The summed E-state index contributed by atoms with van der Waals surface area (Å²) < 4.78 is 0. The van der Waals surface area contributed by atoms with Crippen LogP contribution in [0.2, 0.25) is 0 Å². The highest BCUT2D eigenvalue weighted by molar-refractivity contribution is 5.84. The van der Waals surface area contributed by atoms with Gasteiger partial charge < -0.3 is 10.4 Å². The lowest BCUT2D eigenvalue weighted by Gasteiger charge is -2.41. The first-order valence-electron chi connectivity index (χ1n) is 7.56. The van der Waals surface area contributed by atoms with Crippen LogP contribution in [0.15, 0.2) is 0 Å². The smallest absolute Gasteiger partial charge is 0.311 e. The molecule has 2 rings (SSSR count). The Morgan fingerprint density at radius 1 is 1.00 bits per heavy atom. The van der Waals surface area contributed by atoms with Gasteiger partial charge in [0.25, 0.3) is 0 Å². The fraction of sp³-hybridized carbons (Fsp3) is 0.867. The van der Waals surface area contributed by atoms with E-state index in [1.807, 2.05) is 6.92 Å². The van der Waals surface area contributed by atoms with Gasteiger partial charge in [0.15, 0.2) is 0 Å². The Kier molecular flexibility index (Phi) is 4.16. The third-order valence-electron chi connectivity index (χ3n) is 5.32. The number of carboxylic acids is 1. The van der Waals surface area contributed by atoms with Crippen LogP contribution in [-0.2, 0) is 9.59 Å². The zero-order valence-corrected chi connectivity index (χ0v) is 11.8. The van der Waals surface area contributed by atoms with E-state index in [1.165, 1.54) is 0 Å². The van der Waals surface area contributed by atoms with Crippen molar-refractivity contribution in [1.82, 2.24) is 5.32 Å². The molecule has 0 bridgehead atoms. The van der Waals surface area contributed by atoms with Gasteiger partial charge in [0.05, 0.1) is 5.41 Å². The summed E-state index contributed by atoms with van der Waals surface area (Å²) in [7, 11) is 0. The van der Waals surface area contributed by atoms with Crippen molar-refractivity contribution in [3.05, 3.63) is 0 Å². The molecular formula is C15H25NO3. The van der Waals surface area contributed by atoms with E-state index < -0.39 is 11.4 Å². The van der Waals surface area contributed by atoms with Crippen LogP contribution in [0.1, 0.15) is 64.7 Å². The minimum absolute atomic E-state index is 0.0763. The van der Waals surface area contributed by atoms with Crippen LogP contribution in [0, 0.1) is 10.8 Å². The largest absolute Gasteiger partial charge is 0.481 e. The van der Waals surface area contributed by atoms with Crippen molar-refractivity contribution in [1.29, 1.82) is 0 Å². The van der Waals surface area contributed by atoms with Crippen molar-refractivity contribution in [3.63, 3.8) is 0 Å². The van der Waals surface area contributed by atoms with E-state index in [0.29, 0.717) is 19.4 Å². The molecule has 0 spiro atoms. The number of amides is 1. The minimum atomic E-state index is -0.744. The topological polar surface area (TPSA) is 66.4 Å². The summed E-state index contributed by atoms with van der Waals surface area (Å²) in [5.74, 6) is -0.667. The molecule has 2 aliphatic rings. The molecule has 0 saturated heterocycles. The van der Waals surface area contributed by atoms with E-state index in [9.17, 15) is 14.7 Å². The second-order valence-electron chi connectivity index (χ2n) is 6.32.